The van der Waals surface area contributed by atoms with Gasteiger partial charge in [0.15, 0.2) is 0 Å². The topological polar surface area (TPSA) is 43.8 Å². The number of aliphatic hydroxyl groups is 1. The van der Waals surface area contributed by atoms with Gasteiger partial charge < -0.3 is 14.9 Å². The summed E-state index contributed by atoms with van der Waals surface area (Å²) in [7, 11) is 2.10. The van der Waals surface area contributed by atoms with Gasteiger partial charge in [-0.05, 0) is 70.9 Å². The standard InChI is InChI=1S/C13H18Br2N2O2S/c1-16-4-2-9(3-5-16)17(6-7-18)13(19)10-8-11(14)20-12(10)15/h8-9,18H,2-7H2,1H3. The molecule has 0 spiro atoms. The van der Waals surface area contributed by atoms with Crippen LogP contribution in [0.5, 0.6) is 0 Å². The molecule has 1 fully saturated rings. The third kappa shape index (κ3) is 3.82. The van der Waals surface area contributed by atoms with Crippen molar-refractivity contribution in [3.63, 3.8) is 0 Å². The molecule has 1 amide bonds. The average molecular weight is 426 g/mol. The van der Waals surface area contributed by atoms with Gasteiger partial charge in [0.1, 0.15) is 0 Å². The van der Waals surface area contributed by atoms with Crippen molar-refractivity contribution in [1.29, 1.82) is 0 Å². The van der Waals surface area contributed by atoms with Crippen molar-refractivity contribution in [2.45, 2.75) is 18.9 Å². The van der Waals surface area contributed by atoms with Crippen LogP contribution in [-0.4, -0.2) is 60.1 Å². The first-order valence-corrected chi connectivity index (χ1v) is 8.98. The van der Waals surface area contributed by atoms with Crippen LogP contribution in [-0.2, 0) is 0 Å². The van der Waals surface area contributed by atoms with Crippen LogP contribution in [0.15, 0.2) is 13.6 Å². The van der Waals surface area contributed by atoms with E-state index in [0.29, 0.717) is 12.1 Å². The second kappa shape index (κ2) is 7.35. The first-order valence-electron chi connectivity index (χ1n) is 6.58. The van der Waals surface area contributed by atoms with Gasteiger partial charge in [0.2, 0.25) is 0 Å². The van der Waals surface area contributed by atoms with Gasteiger partial charge in [0.25, 0.3) is 5.91 Å². The Hall–Kier alpha value is 0.0500. The van der Waals surface area contributed by atoms with Gasteiger partial charge in [-0.2, -0.15) is 0 Å². The molecule has 0 aliphatic carbocycles. The zero-order valence-corrected chi connectivity index (χ0v) is 15.3. The van der Waals surface area contributed by atoms with Gasteiger partial charge in [-0.3, -0.25) is 4.79 Å². The molecule has 1 saturated heterocycles. The van der Waals surface area contributed by atoms with Crippen molar-refractivity contribution in [1.82, 2.24) is 9.80 Å². The summed E-state index contributed by atoms with van der Waals surface area (Å²) in [6, 6.07) is 2.06. The number of thiophene rings is 1. The molecule has 20 heavy (non-hydrogen) atoms. The van der Waals surface area contributed by atoms with E-state index in [1.54, 1.807) is 0 Å². The third-order valence-electron chi connectivity index (χ3n) is 3.62. The molecule has 0 atom stereocenters. The summed E-state index contributed by atoms with van der Waals surface area (Å²) in [5.41, 5.74) is 0.675. The molecule has 0 saturated carbocycles. The van der Waals surface area contributed by atoms with Crippen molar-refractivity contribution >= 4 is 49.1 Å². The summed E-state index contributed by atoms with van der Waals surface area (Å²) in [5.74, 6) is 0.00225. The van der Waals surface area contributed by atoms with Crippen molar-refractivity contribution in [2.24, 2.45) is 0 Å². The lowest BCUT2D eigenvalue weighted by molar-refractivity contribution is 0.0539. The first kappa shape index (κ1) is 16.4. The minimum atomic E-state index is 0.000997. The van der Waals surface area contributed by atoms with Gasteiger partial charge in [0.05, 0.1) is 19.7 Å². The van der Waals surface area contributed by atoms with Crippen LogP contribution in [0.1, 0.15) is 23.2 Å². The Balaban J connectivity index is 2.15. The lowest BCUT2D eigenvalue weighted by atomic mass is 10.0. The predicted octanol–water partition coefficient (Wildman–Crippen LogP) is 2.80. The lowest BCUT2D eigenvalue weighted by Crippen LogP contribution is -2.47. The Morgan fingerprint density at radius 3 is 2.65 bits per heavy atom. The summed E-state index contributed by atoms with van der Waals surface area (Å²) in [6.07, 6.45) is 1.93. The van der Waals surface area contributed by atoms with Crippen molar-refractivity contribution in [3.8, 4) is 0 Å². The van der Waals surface area contributed by atoms with Crippen LogP contribution in [0.4, 0.5) is 0 Å². The van der Waals surface area contributed by atoms with Crippen LogP contribution in [0.25, 0.3) is 0 Å². The minimum Gasteiger partial charge on any atom is -0.395 e. The maximum absolute atomic E-state index is 12.7. The zero-order valence-electron chi connectivity index (χ0n) is 11.3. The molecule has 2 rings (SSSR count). The lowest BCUT2D eigenvalue weighted by Gasteiger charge is -2.37. The van der Waals surface area contributed by atoms with Crippen LogP contribution >= 0.6 is 43.2 Å². The fourth-order valence-electron chi connectivity index (χ4n) is 2.51. The highest BCUT2D eigenvalue weighted by Crippen LogP contribution is 2.33. The number of aliphatic hydroxyl groups excluding tert-OH is 1. The summed E-state index contributed by atoms with van der Waals surface area (Å²) in [4.78, 5) is 16.8. The molecule has 112 valence electrons. The van der Waals surface area contributed by atoms with E-state index >= 15 is 0 Å². The molecule has 7 heteroatoms. The van der Waals surface area contributed by atoms with E-state index in [4.69, 9.17) is 0 Å². The quantitative estimate of drug-likeness (QED) is 0.806. The fraction of sp³-hybridized carbons (Fsp3) is 0.615. The average Bonchev–Trinajstić information content (AvgIpc) is 2.75. The van der Waals surface area contributed by atoms with Crippen LogP contribution in [0, 0.1) is 0 Å². The number of hydrogen-bond acceptors (Lipinski definition) is 4. The number of likely N-dealkylation sites (tertiary alicyclic amines) is 1. The predicted molar refractivity (Wildman–Crippen MR) is 88.4 cm³/mol. The number of carbonyl (C=O) groups excluding carboxylic acids is 1. The molecular formula is C13H18Br2N2O2S. The maximum Gasteiger partial charge on any atom is 0.256 e. The highest BCUT2D eigenvalue weighted by Gasteiger charge is 2.28. The summed E-state index contributed by atoms with van der Waals surface area (Å²) in [6.45, 7) is 2.39. The Bertz CT molecular complexity index is 473. The van der Waals surface area contributed by atoms with Gasteiger partial charge in [-0.15, -0.1) is 11.3 Å². The Morgan fingerprint density at radius 2 is 2.15 bits per heavy atom. The molecule has 1 aliphatic rings. The second-order valence-electron chi connectivity index (χ2n) is 4.99. The van der Waals surface area contributed by atoms with Gasteiger partial charge in [-0.25, -0.2) is 0 Å². The largest absolute Gasteiger partial charge is 0.395 e. The Kier molecular flexibility index (Phi) is 6.04. The van der Waals surface area contributed by atoms with E-state index in [1.165, 1.54) is 11.3 Å². The van der Waals surface area contributed by atoms with Crippen molar-refractivity contribution in [3.05, 3.63) is 19.2 Å². The summed E-state index contributed by atoms with van der Waals surface area (Å²) >= 11 is 8.34. The molecule has 2 heterocycles. The van der Waals surface area contributed by atoms with E-state index in [-0.39, 0.29) is 18.6 Å². The molecule has 0 unspecified atom stereocenters. The van der Waals surface area contributed by atoms with E-state index in [2.05, 4.69) is 43.8 Å². The van der Waals surface area contributed by atoms with Gasteiger partial charge in [0, 0.05) is 12.6 Å². The molecule has 0 aromatic carbocycles. The molecule has 1 aromatic rings. The molecule has 1 N–H and O–H groups in total. The number of nitrogens with zero attached hydrogens (tertiary/aromatic N) is 2. The maximum atomic E-state index is 12.7. The third-order valence-corrected chi connectivity index (χ3v) is 5.96. The highest BCUT2D eigenvalue weighted by molar-refractivity contribution is 9.12. The SMILES string of the molecule is CN1CCC(N(CCO)C(=O)c2cc(Br)sc2Br)CC1. The van der Waals surface area contributed by atoms with Crippen LogP contribution in [0.3, 0.4) is 0 Å². The molecule has 4 nitrogen and oxygen atoms in total. The van der Waals surface area contributed by atoms with E-state index in [0.717, 1.165) is 33.5 Å². The highest BCUT2D eigenvalue weighted by atomic mass is 79.9. The van der Waals surface area contributed by atoms with Crippen LogP contribution in [0.2, 0.25) is 0 Å². The van der Waals surface area contributed by atoms with Crippen molar-refractivity contribution in [2.75, 3.05) is 33.3 Å². The smallest absolute Gasteiger partial charge is 0.256 e. The molecule has 1 aromatic heterocycles. The number of halogens is 2. The molecular weight excluding hydrogens is 408 g/mol. The molecule has 1 aliphatic heterocycles. The zero-order chi connectivity index (χ0) is 14.7. The first-order chi connectivity index (χ1) is 9.52. The second-order valence-corrected chi connectivity index (χ2v) is 8.74. The Morgan fingerprint density at radius 1 is 1.50 bits per heavy atom. The van der Waals surface area contributed by atoms with Gasteiger partial charge in [-0.1, -0.05) is 0 Å². The number of carbonyl (C=O) groups is 1. The fourth-order valence-corrected chi connectivity index (χ4v) is 5.28. The Labute approximate surface area is 140 Å². The number of rotatable bonds is 4. The van der Waals surface area contributed by atoms with E-state index < -0.39 is 0 Å². The summed E-state index contributed by atoms with van der Waals surface area (Å²) in [5, 5.41) is 9.27. The van der Waals surface area contributed by atoms with E-state index in [9.17, 15) is 9.90 Å². The number of piperidine rings is 1. The number of hydrogen-bond donors (Lipinski definition) is 1. The summed E-state index contributed by atoms with van der Waals surface area (Å²) < 4.78 is 1.77. The van der Waals surface area contributed by atoms with Gasteiger partial charge >= 0.3 is 0 Å². The number of amides is 1. The van der Waals surface area contributed by atoms with Crippen molar-refractivity contribution < 1.29 is 9.90 Å². The molecule has 0 bridgehead atoms. The minimum absolute atomic E-state index is 0.000997. The monoisotopic (exact) mass is 424 g/mol. The molecule has 0 radical (unpaired) electrons. The van der Waals surface area contributed by atoms with Crippen LogP contribution < -0.4 is 0 Å². The normalized spacial score (nSPS) is 17.4. The van der Waals surface area contributed by atoms with E-state index in [1.807, 2.05) is 11.0 Å².